The van der Waals surface area contributed by atoms with Crippen molar-refractivity contribution in [3.8, 4) is 0 Å². The Kier molecular flexibility index (Phi) is 4.51. The Morgan fingerprint density at radius 1 is 1.14 bits per heavy atom. The molecule has 0 radical (unpaired) electrons. The molecule has 2 fully saturated rings. The largest absolute Gasteiger partial charge is 0.391 e. The van der Waals surface area contributed by atoms with Crippen molar-refractivity contribution in [2.45, 2.75) is 56.8 Å². The van der Waals surface area contributed by atoms with Gasteiger partial charge in [0.1, 0.15) is 0 Å². The second-order valence-electron chi connectivity index (χ2n) is 8.19. The smallest absolute Gasteiger partial charge is 0.225 e. The van der Waals surface area contributed by atoms with Crippen LogP contribution in [0.4, 0.5) is 14.7 Å². The molecule has 148 valence electrons. The number of fused-ring (bicyclic) bond motifs is 4. The zero-order valence-electron chi connectivity index (χ0n) is 15.7. The van der Waals surface area contributed by atoms with Gasteiger partial charge in [-0.1, -0.05) is 6.07 Å². The Morgan fingerprint density at radius 2 is 2.04 bits per heavy atom. The number of β-amino-alcohol motifs (C(OH)–C–C–N with tert-alkyl or cyclic N) is 1. The molecule has 5 nitrogen and oxygen atoms in total. The molecule has 0 saturated carbocycles. The average Bonchev–Trinajstić information content (AvgIpc) is 2.96. The first-order valence-electron chi connectivity index (χ1n) is 10.1. The molecule has 2 aromatic rings. The van der Waals surface area contributed by atoms with Gasteiger partial charge in [-0.25, -0.2) is 18.7 Å². The Hall–Kier alpha value is -2.12. The van der Waals surface area contributed by atoms with Crippen LogP contribution in [0.1, 0.15) is 48.5 Å². The minimum Gasteiger partial charge on any atom is -0.391 e. The summed E-state index contributed by atoms with van der Waals surface area (Å²) in [5.74, 6) is -0.885. The lowest BCUT2D eigenvalue weighted by Crippen LogP contribution is -2.41. The summed E-state index contributed by atoms with van der Waals surface area (Å²) in [6, 6.07) is 4.75. The molecule has 0 aliphatic carbocycles. The number of anilines is 1. The molecule has 2 bridgehead atoms. The fourth-order valence-corrected chi connectivity index (χ4v) is 4.95. The highest BCUT2D eigenvalue weighted by Gasteiger charge is 2.41. The molecular weight excluding hydrogens is 362 g/mol. The second-order valence-corrected chi connectivity index (χ2v) is 8.19. The number of aliphatic hydroxyl groups is 1. The van der Waals surface area contributed by atoms with Crippen LogP contribution < -0.4 is 4.90 Å². The molecule has 1 aromatic heterocycles. The van der Waals surface area contributed by atoms with Crippen LogP contribution in [-0.4, -0.2) is 45.2 Å². The van der Waals surface area contributed by atoms with Crippen LogP contribution >= 0.6 is 0 Å². The van der Waals surface area contributed by atoms with E-state index in [1.54, 1.807) is 6.07 Å². The number of hydrogen-bond donors (Lipinski definition) is 1. The average molecular weight is 386 g/mol. The highest BCUT2D eigenvalue weighted by atomic mass is 19.2. The maximum atomic E-state index is 13.6. The summed E-state index contributed by atoms with van der Waals surface area (Å²) in [5, 5.41) is 9.93. The summed E-state index contributed by atoms with van der Waals surface area (Å²) in [6.45, 7) is 2.07. The van der Waals surface area contributed by atoms with E-state index < -0.39 is 11.6 Å². The van der Waals surface area contributed by atoms with Crippen molar-refractivity contribution in [3.63, 3.8) is 0 Å². The fraction of sp³-hybridized carbons (Fsp3) is 0.524. The van der Waals surface area contributed by atoms with E-state index in [0.717, 1.165) is 55.5 Å². The Balaban J connectivity index is 1.38. The molecule has 3 aliphatic rings. The zero-order chi connectivity index (χ0) is 19.3. The van der Waals surface area contributed by atoms with Crippen LogP contribution in [0.2, 0.25) is 0 Å². The van der Waals surface area contributed by atoms with Gasteiger partial charge < -0.3 is 10.0 Å². The first-order chi connectivity index (χ1) is 13.6. The van der Waals surface area contributed by atoms with E-state index in [9.17, 15) is 13.9 Å². The Labute approximate surface area is 163 Å². The highest BCUT2D eigenvalue weighted by molar-refractivity contribution is 5.38. The number of hydrogen-bond acceptors (Lipinski definition) is 5. The predicted molar refractivity (Wildman–Crippen MR) is 101 cm³/mol. The number of rotatable bonds is 3. The van der Waals surface area contributed by atoms with E-state index in [1.165, 1.54) is 12.1 Å². The summed E-state index contributed by atoms with van der Waals surface area (Å²) in [5.41, 5.74) is 3.04. The molecule has 0 spiro atoms. The van der Waals surface area contributed by atoms with Crippen molar-refractivity contribution in [2.24, 2.45) is 0 Å². The van der Waals surface area contributed by atoms with Crippen LogP contribution in [0.3, 0.4) is 0 Å². The Morgan fingerprint density at radius 3 is 2.86 bits per heavy atom. The minimum absolute atomic E-state index is 0.225. The van der Waals surface area contributed by atoms with Crippen LogP contribution in [0.15, 0.2) is 24.4 Å². The SMILES string of the molecule is O[C@H]1CCCN(c2ncc3c(n2)C[C@@H]2CC[C@H]3N2Cc2ccc(F)c(F)c2)C1. The molecule has 0 amide bonds. The number of nitrogens with zero attached hydrogens (tertiary/aromatic N) is 4. The number of aliphatic hydroxyl groups excluding tert-OH is 1. The summed E-state index contributed by atoms with van der Waals surface area (Å²) in [7, 11) is 0. The van der Waals surface area contributed by atoms with E-state index in [-0.39, 0.29) is 12.1 Å². The van der Waals surface area contributed by atoms with Gasteiger partial charge in [-0.3, -0.25) is 4.90 Å². The van der Waals surface area contributed by atoms with Crippen LogP contribution in [0.25, 0.3) is 0 Å². The van der Waals surface area contributed by atoms with Gasteiger partial charge in [-0.05, 0) is 43.4 Å². The van der Waals surface area contributed by atoms with E-state index in [0.29, 0.717) is 25.1 Å². The van der Waals surface area contributed by atoms with Gasteiger partial charge in [-0.15, -0.1) is 0 Å². The van der Waals surface area contributed by atoms with Gasteiger partial charge in [0.2, 0.25) is 5.95 Å². The lowest BCUT2D eigenvalue weighted by Gasteiger charge is -2.36. The van der Waals surface area contributed by atoms with Gasteiger partial charge in [0, 0.05) is 49.9 Å². The van der Waals surface area contributed by atoms with E-state index >= 15 is 0 Å². The van der Waals surface area contributed by atoms with E-state index in [2.05, 4.69) is 14.8 Å². The maximum absolute atomic E-state index is 13.6. The Bertz CT molecular complexity index is 893. The third-order valence-electron chi connectivity index (χ3n) is 6.35. The van der Waals surface area contributed by atoms with Crippen molar-refractivity contribution in [2.75, 3.05) is 18.0 Å². The predicted octanol–water partition coefficient (Wildman–Crippen LogP) is 2.98. The highest BCUT2D eigenvalue weighted by Crippen LogP contribution is 2.44. The summed E-state index contributed by atoms with van der Waals surface area (Å²) < 4.78 is 26.8. The molecule has 0 unspecified atom stereocenters. The molecule has 1 aromatic carbocycles. The van der Waals surface area contributed by atoms with Gasteiger partial charge in [0.15, 0.2) is 11.6 Å². The fourth-order valence-electron chi connectivity index (χ4n) is 4.95. The first-order valence-corrected chi connectivity index (χ1v) is 10.1. The molecule has 5 rings (SSSR count). The standard InChI is InChI=1S/C21H24F2N4O/c22-17-5-3-13(8-18(17)23)11-27-14-4-6-20(27)16-10-24-21(25-19(16)9-14)26-7-1-2-15(28)12-26/h3,5,8,10,14-15,20,28H,1-2,4,6-7,9,11-12H2/t14-,15-,20+/m0/s1. The molecule has 7 heteroatoms. The lowest BCUT2D eigenvalue weighted by atomic mass is 9.98. The first kappa shape index (κ1) is 17.9. The van der Waals surface area contributed by atoms with Gasteiger partial charge in [0.25, 0.3) is 0 Å². The molecular formula is C21H24F2N4O. The number of benzene rings is 1. The molecule has 3 atom stereocenters. The lowest BCUT2D eigenvalue weighted by molar-refractivity contribution is 0.153. The zero-order valence-corrected chi connectivity index (χ0v) is 15.7. The van der Waals surface area contributed by atoms with Crippen LogP contribution in [0.5, 0.6) is 0 Å². The number of aromatic nitrogens is 2. The van der Waals surface area contributed by atoms with Crippen molar-refractivity contribution < 1.29 is 13.9 Å². The van der Waals surface area contributed by atoms with Gasteiger partial charge >= 0.3 is 0 Å². The number of halogens is 2. The normalized spacial score (nSPS) is 27.1. The van der Waals surface area contributed by atoms with Crippen LogP contribution in [-0.2, 0) is 13.0 Å². The molecule has 28 heavy (non-hydrogen) atoms. The third kappa shape index (κ3) is 3.16. The molecule has 4 heterocycles. The third-order valence-corrected chi connectivity index (χ3v) is 6.35. The molecule has 2 saturated heterocycles. The van der Waals surface area contributed by atoms with Crippen molar-refractivity contribution in [1.82, 2.24) is 14.9 Å². The van der Waals surface area contributed by atoms with E-state index in [1.807, 2.05) is 6.20 Å². The number of piperidine rings is 1. The quantitative estimate of drug-likeness (QED) is 0.879. The second kappa shape index (κ2) is 7.04. The molecule has 3 aliphatic heterocycles. The van der Waals surface area contributed by atoms with Gasteiger partial charge in [-0.2, -0.15) is 0 Å². The van der Waals surface area contributed by atoms with Crippen LogP contribution in [0, 0.1) is 11.6 Å². The summed E-state index contributed by atoms with van der Waals surface area (Å²) >= 11 is 0. The van der Waals surface area contributed by atoms with Gasteiger partial charge in [0.05, 0.1) is 11.8 Å². The monoisotopic (exact) mass is 386 g/mol. The minimum atomic E-state index is -0.806. The summed E-state index contributed by atoms with van der Waals surface area (Å²) in [4.78, 5) is 13.9. The molecule has 1 N–H and O–H groups in total. The maximum Gasteiger partial charge on any atom is 0.225 e. The van der Waals surface area contributed by atoms with Crippen molar-refractivity contribution in [1.29, 1.82) is 0 Å². The van der Waals surface area contributed by atoms with Crippen molar-refractivity contribution >= 4 is 5.95 Å². The van der Waals surface area contributed by atoms with Crippen molar-refractivity contribution in [3.05, 3.63) is 52.9 Å². The van der Waals surface area contributed by atoms with E-state index in [4.69, 9.17) is 4.98 Å². The summed E-state index contributed by atoms with van der Waals surface area (Å²) in [6.07, 6.45) is 6.37. The topological polar surface area (TPSA) is 52.5 Å².